The molecule has 0 atom stereocenters. The van der Waals surface area contributed by atoms with Crippen molar-refractivity contribution in [1.29, 1.82) is 0 Å². The normalized spacial score (nSPS) is 12.4. The zero-order chi connectivity index (χ0) is 12.6. The number of nitrogens with zero attached hydrogens (tertiary/aromatic N) is 2. The van der Waals surface area contributed by atoms with Gasteiger partial charge < -0.3 is 0 Å². The molecule has 0 unspecified atom stereocenters. The van der Waals surface area contributed by atoms with Gasteiger partial charge >= 0.3 is 0 Å². The highest BCUT2D eigenvalue weighted by Gasteiger charge is 1.81. The minimum Gasteiger partial charge on any atom is -0.297 e. The van der Waals surface area contributed by atoms with Crippen LogP contribution in [0.15, 0.2) is 22.1 Å². The van der Waals surface area contributed by atoms with Gasteiger partial charge in [0.2, 0.25) is 0 Å². The summed E-state index contributed by atoms with van der Waals surface area (Å²) in [5.74, 6) is 0. The molecule has 0 aromatic heterocycles. The molecule has 0 aromatic rings. The van der Waals surface area contributed by atoms with Crippen LogP contribution in [0.4, 0.5) is 0 Å². The third-order valence-electron chi connectivity index (χ3n) is 2.48. The Morgan fingerprint density at radius 2 is 1.47 bits per heavy atom. The Balaban J connectivity index is 3.29. The van der Waals surface area contributed by atoms with Crippen molar-refractivity contribution in [2.75, 3.05) is 13.1 Å². The van der Waals surface area contributed by atoms with E-state index in [4.69, 9.17) is 0 Å². The van der Waals surface area contributed by atoms with Crippen LogP contribution in [0.3, 0.4) is 0 Å². The van der Waals surface area contributed by atoms with E-state index >= 15 is 0 Å². The predicted molar refractivity (Wildman–Crippen MR) is 79.5 cm³/mol. The van der Waals surface area contributed by atoms with Crippen molar-refractivity contribution in [1.82, 2.24) is 0 Å². The van der Waals surface area contributed by atoms with Gasteiger partial charge in [-0.2, -0.15) is 0 Å². The number of unbranched alkanes of at least 4 members (excludes halogenated alkanes) is 4. The largest absolute Gasteiger partial charge is 0.297 e. The molecular weight excluding hydrogens is 208 g/mol. The van der Waals surface area contributed by atoms with Crippen LogP contribution in [-0.4, -0.2) is 25.5 Å². The minimum atomic E-state index is 0.924. The van der Waals surface area contributed by atoms with E-state index in [-0.39, 0.29) is 0 Å². The van der Waals surface area contributed by atoms with Crippen LogP contribution in [0.5, 0.6) is 0 Å². The third kappa shape index (κ3) is 15.1. The molecular formula is C15H28N2. The summed E-state index contributed by atoms with van der Waals surface area (Å²) in [6.45, 7) is 6.37. The summed E-state index contributed by atoms with van der Waals surface area (Å²) in [4.78, 5) is 8.66. The summed E-state index contributed by atoms with van der Waals surface area (Å²) in [6, 6.07) is 0. The molecule has 0 aliphatic rings. The van der Waals surface area contributed by atoms with E-state index in [1.54, 1.807) is 0 Å². The van der Waals surface area contributed by atoms with E-state index in [0.717, 1.165) is 19.5 Å². The van der Waals surface area contributed by atoms with Crippen LogP contribution in [0.25, 0.3) is 0 Å². The van der Waals surface area contributed by atoms with Crippen LogP contribution in [0, 0.1) is 0 Å². The van der Waals surface area contributed by atoms with Crippen molar-refractivity contribution in [3.63, 3.8) is 0 Å². The summed E-state index contributed by atoms with van der Waals surface area (Å²) in [7, 11) is 0. The second-order valence-electron chi connectivity index (χ2n) is 4.22. The first-order chi connectivity index (χ1) is 8.41. The van der Waals surface area contributed by atoms with Crippen molar-refractivity contribution in [3.8, 4) is 0 Å². The molecule has 0 N–H and O–H groups in total. The monoisotopic (exact) mass is 236 g/mol. The lowest BCUT2D eigenvalue weighted by atomic mass is 10.2. The van der Waals surface area contributed by atoms with Gasteiger partial charge in [-0.05, 0) is 18.9 Å². The number of hydrogen-bond acceptors (Lipinski definition) is 2. The van der Waals surface area contributed by atoms with E-state index in [1.807, 2.05) is 18.5 Å². The highest BCUT2D eigenvalue weighted by Crippen LogP contribution is 1.94. The lowest BCUT2D eigenvalue weighted by Gasteiger charge is -1.91. The van der Waals surface area contributed by atoms with Crippen molar-refractivity contribution < 1.29 is 0 Å². The second kappa shape index (κ2) is 15.1. The Hall–Kier alpha value is -0.920. The molecule has 0 rings (SSSR count). The minimum absolute atomic E-state index is 0.924. The molecule has 0 amide bonds. The fourth-order valence-electron chi connectivity index (χ4n) is 1.41. The number of rotatable bonds is 11. The van der Waals surface area contributed by atoms with Gasteiger partial charge in [0.15, 0.2) is 0 Å². The Labute approximate surface area is 107 Å². The zero-order valence-corrected chi connectivity index (χ0v) is 11.6. The maximum atomic E-state index is 4.35. The second-order valence-corrected chi connectivity index (χ2v) is 4.22. The summed E-state index contributed by atoms with van der Waals surface area (Å²) in [6.07, 6.45) is 16.5. The van der Waals surface area contributed by atoms with E-state index in [1.165, 1.54) is 38.5 Å². The molecule has 0 spiro atoms. The Kier molecular flexibility index (Phi) is 14.3. The molecule has 0 aliphatic carbocycles. The topological polar surface area (TPSA) is 24.7 Å². The van der Waals surface area contributed by atoms with Gasteiger partial charge in [-0.3, -0.25) is 9.98 Å². The van der Waals surface area contributed by atoms with Gasteiger partial charge in [0.05, 0.1) is 0 Å². The summed E-state index contributed by atoms with van der Waals surface area (Å²) in [5, 5.41) is 0. The molecule has 0 bridgehead atoms. The van der Waals surface area contributed by atoms with E-state index in [2.05, 4.69) is 29.9 Å². The number of allylic oxidation sites excluding steroid dienone is 2. The first-order valence-electron chi connectivity index (χ1n) is 7.05. The molecule has 2 heteroatoms. The van der Waals surface area contributed by atoms with Crippen LogP contribution >= 0.6 is 0 Å². The first kappa shape index (κ1) is 16.1. The average molecular weight is 236 g/mol. The van der Waals surface area contributed by atoms with Crippen molar-refractivity contribution in [2.24, 2.45) is 9.98 Å². The molecule has 0 aliphatic heterocycles. The van der Waals surface area contributed by atoms with E-state index in [9.17, 15) is 0 Å². The van der Waals surface area contributed by atoms with Gasteiger partial charge in [0.1, 0.15) is 0 Å². The lowest BCUT2D eigenvalue weighted by molar-refractivity contribution is 0.729. The van der Waals surface area contributed by atoms with Crippen LogP contribution in [-0.2, 0) is 0 Å². The van der Waals surface area contributed by atoms with E-state index in [0.29, 0.717) is 0 Å². The van der Waals surface area contributed by atoms with Crippen LogP contribution in [0.2, 0.25) is 0 Å². The molecule has 0 fully saturated rings. The molecule has 0 heterocycles. The summed E-state index contributed by atoms with van der Waals surface area (Å²) < 4.78 is 0. The Morgan fingerprint density at radius 3 is 2.12 bits per heavy atom. The summed E-state index contributed by atoms with van der Waals surface area (Å²) in [5.41, 5.74) is 0. The van der Waals surface area contributed by atoms with E-state index < -0.39 is 0 Å². The lowest BCUT2D eigenvalue weighted by Crippen LogP contribution is -1.82. The predicted octanol–water partition coefficient (Wildman–Crippen LogP) is 4.45. The molecule has 0 saturated carbocycles. The van der Waals surface area contributed by atoms with Crippen LogP contribution < -0.4 is 0 Å². The zero-order valence-electron chi connectivity index (χ0n) is 11.6. The highest BCUT2D eigenvalue weighted by atomic mass is 14.7. The standard InChI is InChI=1S/C15H28N2/c1-3-5-8-12-16-14-10-7-11-15-17-13-9-6-4-2/h7,10,14-15H,3-6,8-9,11-13H2,1-2H3. The maximum absolute atomic E-state index is 4.35. The van der Waals surface area contributed by atoms with Gasteiger partial charge in [-0.15, -0.1) is 0 Å². The SMILES string of the molecule is CCCCCN=CC=CCC=NCCCCC. The van der Waals surface area contributed by atoms with Crippen LogP contribution in [0.1, 0.15) is 58.8 Å². The van der Waals surface area contributed by atoms with Crippen molar-refractivity contribution >= 4 is 12.4 Å². The number of aliphatic imine (C=N–C) groups is 2. The molecule has 0 saturated heterocycles. The maximum Gasteiger partial charge on any atom is 0.0389 e. The van der Waals surface area contributed by atoms with Gasteiger partial charge in [-0.1, -0.05) is 45.6 Å². The Bertz CT molecular complexity index is 217. The first-order valence-corrected chi connectivity index (χ1v) is 7.05. The molecule has 0 aromatic carbocycles. The molecule has 2 nitrogen and oxygen atoms in total. The van der Waals surface area contributed by atoms with Gasteiger partial charge in [0, 0.05) is 31.9 Å². The van der Waals surface area contributed by atoms with Gasteiger partial charge in [0.25, 0.3) is 0 Å². The smallest absolute Gasteiger partial charge is 0.0389 e. The average Bonchev–Trinajstić information content (AvgIpc) is 2.35. The third-order valence-corrected chi connectivity index (χ3v) is 2.48. The van der Waals surface area contributed by atoms with Crippen molar-refractivity contribution in [3.05, 3.63) is 12.2 Å². The van der Waals surface area contributed by atoms with Crippen molar-refractivity contribution in [2.45, 2.75) is 58.8 Å². The highest BCUT2D eigenvalue weighted by molar-refractivity contribution is 5.72. The quantitative estimate of drug-likeness (QED) is 0.374. The summed E-state index contributed by atoms with van der Waals surface area (Å²) >= 11 is 0. The Morgan fingerprint density at radius 1 is 0.824 bits per heavy atom. The fraction of sp³-hybridized carbons (Fsp3) is 0.733. The molecule has 0 radical (unpaired) electrons. The molecule has 98 valence electrons. The number of hydrogen-bond donors (Lipinski definition) is 0. The van der Waals surface area contributed by atoms with Gasteiger partial charge in [-0.25, -0.2) is 0 Å². The molecule has 17 heavy (non-hydrogen) atoms. The fourth-order valence-corrected chi connectivity index (χ4v) is 1.41.